The molecule has 1 heteroatoms. The summed E-state index contributed by atoms with van der Waals surface area (Å²) in [5.74, 6) is 2.75. The van der Waals surface area contributed by atoms with E-state index in [9.17, 15) is 0 Å². The van der Waals surface area contributed by atoms with E-state index in [0.29, 0.717) is 5.02 Å². The monoisotopic (exact) mass is 328 g/mol. The molecule has 0 N–H and O–H groups in total. The van der Waals surface area contributed by atoms with Crippen molar-refractivity contribution in [1.82, 2.24) is 0 Å². The Morgan fingerprint density at radius 2 is 1.58 bits per heavy atom. The van der Waals surface area contributed by atoms with Crippen LogP contribution in [-0.4, -0.2) is 0 Å². The molecule has 0 spiro atoms. The van der Waals surface area contributed by atoms with Crippen molar-refractivity contribution >= 4 is 11.6 Å². The van der Waals surface area contributed by atoms with Crippen LogP contribution in [0, 0.1) is 12.3 Å². The lowest BCUT2D eigenvalue weighted by molar-refractivity contribution is 0.660. The van der Waals surface area contributed by atoms with Gasteiger partial charge in [0.2, 0.25) is 0 Å². The quantitative estimate of drug-likeness (QED) is 0.460. The van der Waals surface area contributed by atoms with Crippen LogP contribution >= 0.6 is 11.6 Å². The molecular weight excluding hydrogens is 312 g/mol. The van der Waals surface area contributed by atoms with Crippen molar-refractivity contribution in [3.63, 3.8) is 0 Å². The molecule has 0 unspecified atom stereocenters. The molecule has 24 heavy (non-hydrogen) atoms. The molecule has 3 aromatic carbocycles. The zero-order chi connectivity index (χ0) is 16.9. The molecule has 0 bridgehead atoms. The third-order valence-electron chi connectivity index (χ3n) is 5.03. The summed E-state index contributed by atoms with van der Waals surface area (Å²) in [5, 5.41) is 0.666. The predicted molar refractivity (Wildman–Crippen MR) is 102 cm³/mol. The molecule has 0 nitrogen and oxygen atoms in total. The smallest absolute Gasteiger partial charge is 0.0418 e. The number of hydrogen-bond acceptors (Lipinski definition) is 0. The van der Waals surface area contributed by atoms with E-state index in [4.69, 9.17) is 18.0 Å². The molecule has 116 valence electrons. The van der Waals surface area contributed by atoms with Gasteiger partial charge in [0.1, 0.15) is 0 Å². The molecule has 0 saturated heterocycles. The summed E-state index contributed by atoms with van der Waals surface area (Å²) in [7, 11) is 0. The summed E-state index contributed by atoms with van der Waals surface area (Å²) >= 11 is 6.09. The number of rotatable bonds is 1. The van der Waals surface area contributed by atoms with E-state index >= 15 is 0 Å². The number of terminal acetylenes is 1. The van der Waals surface area contributed by atoms with Gasteiger partial charge in [0.25, 0.3) is 0 Å². The van der Waals surface area contributed by atoms with Gasteiger partial charge in [0.15, 0.2) is 0 Å². The highest BCUT2D eigenvalue weighted by molar-refractivity contribution is 6.30. The van der Waals surface area contributed by atoms with E-state index in [2.05, 4.69) is 62.2 Å². The summed E-state index contributed by atoms with van der Waals surface area (Å²) in [5.41, 5.74) is 8.39. The summed E-state index contributed by atoms with van der Waals surface area (Å²) in [4.78, 5) is 0. The Balaban J connectivity index is 1.95. The van der Waals surface area contributed by atoms with E-state index in [-0.39, 0.29) is 5.41 Å². The Kier molecular flexibility index (Phi) is 3.30. The Bertz CT molecular complexity index is 1000. The van der Waals surface area contributed by atoms with Crippen molar-refractivity contribution in [2.75, 3.05) is 0 Å². The van der Waals surface area contributed by atoms with Gasteiger partial charge in [-0.05, 0) is 51.6 Å². The number of hydrogen-bond donors (Lipinski definition) is 0. The van der Waals surface area contributed by atoms with Crippen LogP contribution in [-0.2, 0) is 5.41 Å². The number of halogens is 1. The Labute approximate surface area is 148 Å². The van der Waals surface area contributed by atoms with Gasteiger partial charge in [0, 0.05) is 16.0 Å². The molecule has 1 aliphatic rings. The van der Waals surface area contributed by atoms with E-state index in [1.807, 2.05) is 18.2 Å². The second-order valence-corrected chi connectivity index (χ2v) is 7.20. The fourth-order valence-electron chi connectivity index (χ4n) is 3.78. The molecule has 0 aliphatic heterocycles. The van der Waals surface area contributed by atoms with Crippen molar-refractivity contribution in [1.29, 1.82) is 0 Å². The maximum atomic E-state index is 6.09. The molecule has 0 aromatic heterocycles. The van der Waals surface area contributed by atoms with Crippen molar-refractivity contribution < 1.29 is 0 Å². The molecule has 0 saturated carbocycles. The van der Waals surface area contributed by atoms with Crippen molar-refractivity contribution in [3.05, 3.63) is 82.4 Å². The lowest BCUT2D eigenvalue weighted by atomic mass is 9.82. The Hall–Kier alpha value is -2.49. The lowest BCUT2D eigenvalue weighted by Gasteiger charge is -2.21. The van der Waals surface area contributed by atoms with Crippen LogP contribution in [0.25, 0.3) is 22.3 Å². The minimum Gasteiger partial charge on any atom is -0.115 e. The molecule has 3 aromatic rings. The van der Waals surface area contributed by atoms with Gasteiger partial charge < -0.3 is 0 Å². The molecule has 0 amide bonds. The normalized spacial score (nSPS) is 13.9. The predicted octanol–water partition coefficient (Wildman–Crippen LogP) is 6.29. The summed E-state index contributed by atoms with van der Waals surface area (Å²) < 4.78 is 0. The van der Waals surface area contributed by atoms with Crippen molar-refractivity contribution in [3.8, 4) is 34.6 Å². The zero-order valence-electron chi connectivity index (χ0n) is 13.7. The van der Waals surface area contributed by atoms with E-state index in [0.717, 1.165) is 16.7 Å². The second kappa shape index (κ2) is 5.26. The number of fused-ring (bicyclic) bond motifs is 3. The molecule has 1 aliphatic carbocycles. The SMILES string of the molecule is C#Cc1cc(Cl)ccc1-c1ccc2c(c1)-c1ccccc1C2(C)C. The van der Waals surface area contributed by atoms with Gasteiger partial charge in [-0.25, -0.2) is 0 Å². The first-order chi connectivity index (χ1) is 11.5. The highest BCUT2D eigenvalue weighted by Gasteiger charge is 2.35. The fraction of sp³-hybridized carbons (Fsp3) is 0.130. The van der Waals surface area contributed by atoms with Gasteiger partial charge in [-0.2, -0.15) is 0 Å². The third kappa shape index (κ3) is 2.09. The minimum atomic E-state index is 0.0272. The summed E-state index contributed by atoms with van der Waals surface area (Å²) in [6, 6.07) is 21.1. The molecule has 0 fully saturated rings. The summed E-state index contributed by atoms with van der Waals surface area (Å²) in [6.45, 7) is 4.57. The first-order valence-corrected chi connectivity index (χ1v) is 8.41. The zero-order valence-corrected chi connectivity index (χ0v) is 14.5. The molecule has 4 rings (SSSR count). The average molecular weight is 329 g/mol. The topological polar surface area (TPSA) is 0 Å². The average Bonchev–Trinajstić information content (AvgIpc) is 2.83. The van der Waals surface area contributed by atoms with Gasteiger partial charge in [-0.15, -0.1) is 6.42 Å². The first kappa shape index (κ1) is 15.1. The number of benzene rings is 3. The van der Waals surface area contributed by atoms with E-state index < -0.39 is 0 Å². The lowest BCUT2D eigenvalue weighted by Crippen LogP contribution is -2.14. The summed E-state index contributed by atoms with van der Waals surface area (Å²) in [6.07, 6.45) is 5.68. The van der Waals surface area contributed by atoms with E-state index in [1.54, 1.807) is 0 Å². The van der Waals surface area contributed by atoms with Crippen molar-refractivity contribution in [2.24, 2.45) is 0 Å². The first-order valence-electron chi connectivity index (χ1n) is 8.03. The third-order valence-corrected chi connectivity index (χ3v) is 5.27. The molecular formula is C23H17Cl. The van der Waals surface area contributed by atoms with Crippen LogP contribution in [0.5, 0.6) is 0 Å². The van der Waals surface area contributed by atoms with Crippen LogP contribution in [0.3, 0.4) is 0 Å². The minimum absolute atomic E-state index is 0.0272. The van der Waals surface area contributed by atoms with Gasteiger partial charge in [-0.1, -0.05) is 73.8 Å². The van der Waals surface area contributed by atoms with E-state index in [1.165, 1.54) is 22.3 Å². The molecule has 0 radical (unpaired) electrons. The second-order valence-electron chi connectivity index (χ2n) is 6.77. The van der Waals surface area contributed by atoms with Gasteiger partial charge in [-0.3, -0.25) is 0 Å². The van der Waals surface area contributed by atoms with Crippen LogP contribution in [0.1, 0.15) is 30.5 Å². The Morgan fingerprint density at radius 1 is 0.833 bits per heavy atom. The molecule has 0 heterocycles. The maximum absolute atomic E-state index is 6.09. The van der Waals surface area contributed by atoms with Crippen LogP contribution in [0.2, 0.25) is 5.02 Å². The molecule has 0 atom stereocenters. The van der Waals surface area contributed by atoms with Crippen molar-refractivity contribution in [2.45, 2.75) is 19.3 Å². The van der Waals surface area contributed by atoms with Crippen LogP contribution in [0.4, 0.5) is 0 Å². The highest BCUT2D eigenvalue weighted by Crippen LogP contribution is 2.49. The standard InChI is InChI=1S/C23H17Cl/c1-4-15-13-17(24)10-11-18(15)16-9-12-22-20(14-16)19-7-5-6-8-21(19)23(22,2)3/h1,5-14H,2-3H3. The largest absolute Gasteiger partial charge is 0.115 e. The maximum Gasteiger partial charge on any atom is 0.0418 e. The fourth-order valence-corrected chi connectivity index (χ4v) is 3.95. The van der Waals surface area contributed by atoms with Gasteiger partial charge in [0.05, 0.1) is 0 Å². The highest BCUT2D eigenvalue weighted by atomic mass is 35.5. The van der Waals surface area contributed by atoms with Crippen LogP contribution in [0.15, 0.2) is 60.7 Å². The van der Waals surface area contributed by atoms with Crippen LogP contribution < -0.4 is 0 Å². The van der Waals surface area contributed by atoms with Gasteiger partial charge >= 0.3 is 0 Å². The Morgan fingerprint density at radius 3 is 2.38 bits per heavy atom.